The Hall–Kier alpha value is -4.62. The molecule has 1 aliphatic rings. The van der Waals surface area contributed by atoms with Crippen molar-refractivity contribution in [1.82, 2.24) is 4.98 Å². The van der Waals surface area contributed by atoms with E-state index in [0.29, 0.717) is 22.7 Å². The molecule has 6 rings (SSSR count). The first-order chi connectivity index (χ1) is 19.8. The normalized spacial score (nSPS) is 12.6. The van der Waals surface area contributed by atoms with Crippen molar-refractivity contribution < 1.29 is 18.7 Å². The minimum absolute atomic E-state index is 0.169. The highest BCUT2D eigenvalue weighted by atomic mass is 79.9. The van der Waals surface area contributed by atoms with Crippen molar-refractivity contribution in [2.45, 2.75) is 6.92 Å². The SMILES string of the molecule is Cc1ccc(-c2cc(-c3ccc(Br)cc3)nc(-c3ccc4c(c3)N(CC(=O)c3ccc(F)cc3)C(=O)CO4)c2)cc1. The minimum atomic E-state index is -0.429. The maximum Gasteiger partial charge on any atom is 0.265 e. The second kappa shape index (κ2) is 11.1. The van der Waals surface area contributed by atoms with Crippen LogP contribution in [-0.2, 0) is 4.79 Å². The highest BCUT2D eigenvalue weighted by Crippen LogP contribution is 2.38. The van der Waals surface area contributed by atoms with Gasteiger partial charge in [0.15, 0.2) is 12.4 Å². The Kier molecular flexibility index (Phi) is 7.20. The Bertz CT molecular complexity index is 1700. The summed E-state index contributed by atoms with van der Waals surface area (Å²) in [5.41, 5.74) is 7.30. The third-order valence-electron chi connectivity index (χ3n) is 7.02. The van der Waals surface area contributed by atoms with Gasteiger partial charge in [0.25, 0.3) is 5.91 Å². The first-order valence-electron chi connectivity index (χ1n) is 13.1. The number of ketones is 1. The van der Waals surface area contributed by atoms with E-state index < -0.39 is 5.82 Å². The average Bonchev–Trinajstić information content (AvgIpc) is 2.99. The zero-order valence-electron chi connectivity index (χ0n) is 22.1. The van der Waals surface area contributed by atoms with Crippen LogP contribution < -0.4 is 9.64 Å². The van der Waals surface area contributed by atoms with Gasteiger partial charge in [0.2, 0.25) is 0 Å². The first kappa shape index (κ1) is 26.6. The lowest BCUT2D eigenvalue weighted by molar-refractivity contribution is -0.121. The molecule has 0 aliphatic carbocycles. The summed E-state index contributed by atoms with van der Waals surface area (Å²) in [6.07, 6.45) is 0. The summed E-state index contributed by atoms with van der Waals surface area (Å²) in [6.45, 7) is 1.70. The molecule has 2 heterocycles. The van der Waals surface area contributed by atoms with Crippen LogP contribution in [0.2, 0.25) is 0 Å². The number of pyridine rings is 1. The number of fused-ring (bicyclic) bond motifs is 1. The lowest BCUT2D eigenvalue weighted by Gasteiger charge is -2.29. The largest absolute Gasteiger partial charge is 0.482 e. The molecule has 0 atom stereocenters. The van der Waals surface area contributed by atoms with E-state index in [1.165, 1.54) is 34.7 Å². The van der Waals surface area contributed by atoms with E-state index in [1.54, 1.807) is 6.07 Å². The number of aromatic nitrogens is 1. The summed E-state index contributed by atoms with van der Waals surface area (Å²) in [7, 11) is 0. The highest BCUT2D eigenvalue weighted by molar-refractivity contribution is 9.10. The van der Waals surface area contributed by atoms with Crippen LogP contribution in [0.3, 0.4) is 0 Å². The fourth-order valence-electron chi connectivity index (χ4n) is 4.77. The molecule has 1 aromatic heterocycles. The number of anilines is 1. The Morgan fingerprint density at radius 2 is 1.46 bits per heavy atom. The molecule has 0 saturated carbocycles. The Balaban J connectivity index is 1.42. The van der Waals surface area contributed by atoms with Gasteiger partial charge in [0.05, 0.1) is 23.6 Å². The van der Waals surface area contributed by atoms with Crippen LogP contribution in [-0.4, -0.2) is 29.8 Å². The van der Waals surface area contributed by atoms with E-state index in [4.69, 9.17) is 9.72 Å². The molecule has 1 amide bonds. The lowest BCUT2D eigenvalue weighted by atomic mass is 9.99. The van der Waals surface area contributed by atoms with Crippen molar-refractivity contribution in [3.05, 3.63) is 125 Å². The van der Waals surface area contributed by atoms with Crippen molar-refractivity contribution in [1.29, 1.82) is 0 Å². The van der Waals surface area contributed by atoms with Gasteiger partial charge in [-0.15, -0.1) is 0 Å². The monoisotopic (exact) mass is 606 g/mol. The molecule has 0 bridgehead atoms. The van der Waals surface area contributed by atoms with E-state index in [1.807, 2.05) is 42.5 Å². The molecule has 0 saturated heterocycles. The maximum absolute atomic E-state index is 13.4. The molecular weight excluding hydrogens is 583 g/mol. The second-order valence-corrected chi connectivity index (χ2v) is 10.8. The summed E-state index contributed by atoms with van der Waals surface area (Å²) >= 11 is 3.50. The number of halogens is 2. The number of Topliss-reactive ketones (excluding diaryl/α,β-unsaturated/α-hetero) is 1. The van der Waals surface area contributed by atoms with E-state index in [9.17, 15) is 14.0 Å². The van der Waals surface area contributed by atoms with Gasteiger partial charge in [0, 0.05) is 21.2 Å². The van der Waals surface area contributed by atoms with Crippen LogP contribution in [0, 0.1) is 12.7 Å². The summed E-state index contributed by atoms with van der Waals surface area (Å²) in [6, 6.07) is 31.2. The fourth-order valence-corrected chi connectivity index (χ4v) is 5.03. The molecule has 7 heteroatoms. The van der Waals surface area contributed by atoms with Crippen molar-refractivity contribution in [2.24, 2.45) is 0 Å². The Labute approximate surface area is 245 Å². The molecule has 202 valence electrons. The van der Waals surface area contributed by atoms with Crippen molar-refractivity contribution in [3.8, 4) is 39.4 Å². The zero-order chi connectivity index (χ0) is 28.5. The molecule has 41 heavy (non-hydrogen) atoms. The molecule has 0 fully saturated rings. The lowest BCUT2D eigenvalue weighted by Crippen LogP contribution is -2.42. The number of benzene rings is 4. The summed E-state index contributed by atoms with van der Waals surface area (Å²) in [5, 5.41) is 0. The number of hydrogen-bond acceptors (Lipinski definition) is 4. The van der Waals surface area contributed by atoms with Crippen LogP contribution in [0.25, 0.3) is 33.6 Å². The van der Waals surface area contributed by atoms with Gasteiger partial charge in [-0.05, 0) is 84.8 Å². The van der Waals surface area contributed by atoms with Crippen LogP contribution in [0.4, 0.5) is 10.1 Å². The summed E-state index contributed by atoms with van der Waals surface area (Å²) in [5.74, 6) is -0.555. The van der Waals surface area contributed by atoms with E-state index in [2.05, 4.69) is 53.2 Å². The molecule has 0 radical (unpaired) electrons. The van der Waals surface area contributed by atoms with Gasteiger partial charge in [0.1, 0.15) is 11.6 Å². The molecule has 0 N–H and O–H groups in total. The molecule has 0 spiro atoms. The van der Waals surface area contributed by atoms with Gasteiger partial charge in [-0.1, -0.05) is 57.9 Å². The molecule has 1 aliphatic heterocycles. The quantitative estimate of drug-likeness (QED) is 0.184. The smallest absolute Gasteiger partial charge is 0.265 e. The van der Waals surface area contributed by atoms with E-state index >= 15 is 0 Å². The van der Waals surface area contributed by atoms with Crippen molar-refractivity contribution in [3.63, 3.8) is 0 Å². The number of carbonyl (C=O) groups excluding carboxylic acids is 2. The second-order valence-electron chi connectivity index (χ2n) is 9.88. The topological polar surface area (TPSA) is 59.5 Å². The Morgan fingerprint density at radius 3 is 2.17 bits per heavy atom. The number of ether oxygens (including phenoxy) is 1. The van der Waals surface area contributed by atoms with Gasteiger partial charge < -0.3 is 4.74 Å². The molecule has 4 aromatic carbocycles. The predicted molar refractivity (Wildman–Crippen MR) is 162 cm³/mol. The standard InChI is InChI=1S/C34H24BrFN2O3/c1-21-2-4-22(5-3-21)26-16-29(23-6-11-27(35)12-7-23)37-30(17-26)25-10-15-33-31(18-25)38(34(40)20-41-33)19-32(39)24-8-13-28(36)14-9-24/h2-18H,19-20H2,1H3. The van der Waals surface area contributed by atoms with Crippen LogP contribution in [0.1, 0.15) is 15.9 Å². The van der Waals surface area contributed by atoms with E-state index in [0.717, 1.165) is 32.4 Å². The molecule has 5 nitrogen and oxygen atoms in total. The van der Waals surface area contributed by atoms with Crippen LogP contribution in [0.5, 0.6) is 5.75 Å². The fraction of sp³-hybridized carbons (Fsp3) is 0.0882. The number of carbonyl (C=O) groups is 2. The van der Waals surface area contributed by atoms with Crippen LogP contribution >= 0.6 is 15.9 Å². The number of nitrogens with zero attached hydrogens (tertiary/aromatic N) is 2. The number of rotatable bonds is 6. The Morgan fingerprint density at radius 1 is 0.829 bits per heavy atom. The number of hydrogen-bond donors (Lipinski definition) is 0. The van der Waals surface area contributed by atoms with Gasteiger partial charge in [-0.3, -0.25) is 14.5 Å². The maximum atomic E-state index is 13.4. The highest BCUT2D eigenvalue weighted by Gasteiger charge is 2.28. The third kappa shape index (κ3) is 5.67. The predicted octanol–water partition coefficient (Wildman–Crippen LogP) is 7.90. The van der Waals surface area contributed by atoms with Crippen molar-refractivity contribution >= 4 is 33.3 Å². The van der Waals surface area contributed by atoms with Crippen LogP contribution in [0.15, 0.2) is 108 Å². The number of aryl methyl sites for hydroxylation is 1. The molecular formula is C34H24BrFN2O3. The summed E-state index contributed by atoms with van der Waals surface area (Å²) in [4.78, 5) is 32.4. The third-order valence-corrected chi connectivity index (χ3v) is 7.54. The summed E-state index contributed by atoms with van der Waals surface area (Å²) < 4.78 is 20.1. The van der Waals surface area contributed by atoms with Crippen molar-refractivity contribution in [2.75, 3.05) is 18.1 Å². The zero-order valence-corrected chi connectivity index (χ0v) is 23.7. The van der Waals surface area contributed by atoms with Gasteiger partial charge in [-0.25, -0.2) is 9.37 Å². The number of amides is 1. The minimum Gasteiger partial charge on any atom is -0.482 e. The molecule has 0 unspecified atom stereocenters. The molecule has 5 aromatic rings. The average molecular weight is 607 g/mol. The van der Waals surface area contributed by atoms with Gasteiger partial charge in [-0.2, -0.15) is 0 Å². The van der Waals surface area contributed by atoms with E-state index in [-0.39, 0.29) is 24.8 Å². The first-order valence-corrected chi connectivity index (χ1v) is 13.8. The van der Waals surface area contributed by atoms with Gasteiger partial charge >= 0.3 is 0 Å².